The van der Waals surface area contributed by atoms with Crippen molar-refractivity contribution in [1.29, 1.82) is 0 Å². The van der Waals surface area contributed by atoms with Crippen LogP contribution in [0.25, 0.3) is 5.69 Å². The Hall–Kier alpha value is -5.03. The maximum Gasteiger partial charge on any atom is 0.264 e. The fraction of sp³-hybridized carbons (Fsp3) is 0.0370. The minimum atomic E-state index is -3.86. The maximum absolute atomic E-state index is 12.7. The highest BCUT2D eigenvalue weighted by Gasteiger charge is 2.17. The van der Waals surface area contributed by atoms with Crippen molar-refractivity contribution < 1.29 is 8.42 Å². The molecule has 0 radical (unpaired) electrons. The SMILES string of the molecule is Cc1c(C(=Nc2ccc(S(=O)(=O)Nc3ncccn3)cc2)NNc2ccccc2)cnn1-c1ccccc1. The molecule has 5 aromatic rings. The average molecular weight is 525 g/mol. The van der Waals surface area contributed by atoms with Crippen molar-refractivity contribution in [2.45, 2.75) is 11.8 Å². The van der Waals surface area contributed by atoms with Crippen LogP contribution >= 0.6 is 0 Å². The fourth-order valence-corrected chi connectivity index (χ4v) is 4.60. The van der Waals surface area contributed by atoms with E-state index in [1.807, 2.05) is 72.3 Å². The van der Waals surface area contributed by atoms with Gasteiger partial charge < -0.3 is 0 Å². The van der Waals surface area contributed by atoms with Gasteiger partial charge in [-0.2, -0.15) is 5.10 Å². The normalized spacial score (nSPS) is 11.7. The molecule has 3 N–H and O–H groups in total. The zero-order valence-corrected chi connectivity index (χ0v) is 21.2. The van der Waals surface area contributed by atoms with Crippen molar-refractivity contribution in [2.24, 2.45) is 4.99 Å². The quantitative estimate of drug-likeness (QED) is 0.155. The van der Waals surface area contributed by atoms with Gasteiger partial charge in [0.05, 0.1) is 39.4 Å². The van der Waals surface area contributed by atoms with Gasteiger partial charge >= 0.3 is 0 Å². The standard InChI is InChI=1S/C27H24N8O2S/c1-20-25(19-30-35(20)23-11-6-3-7-12-23)26(33-32-22-9-4-2-5-10-22)31-21-13-15-24(16-14-21)38(36,37)34-27-28-17-8-18-29-27/h2-19,32H,1H3,(H,31,33)(H,28,29,34). The lowest BCUT2D eigenvalue weighted by molar-refractivity contribution is 0.601. The Bertz CT molecular complexity index is 1640. The van der Waals surface area contributed by atoms with Crippen molar-refractivity contribution in [3.05, 3.63) is 121 Å². The Kier molecular flexibility index (Phi) is 7.09. The predicted molar refractivity (Wildman–Crippen MR) is 147 cm³/mol. The molecule has 0 aliphatic heterocycles. The van der Waals surface area contributed by atoms with Crippen molar-refractivity contribution in [1.82, 2.24) is 25.2 Å². The Balaban J connectivity index is 1.45. The zero-order chi connectivity index (χ0) is 26.4. The summed E-state index contributed by atoms with van der Waals surface area (Å²) in [5.41, 5.74) is 10.3. The summed E-state index contributed by atoms with van der Waals surface area (Å²) < 4.78 is 29.7. The highest BCUT2D eigenvalue weighted by molar-refractivity contribution is 7.92. The van der Waals surface area contributed by atoms with Gasteiger partial charge in [-0.15, -0.1) is 0 Å². The summed E-state index contributed by atoms with van der Waals surface area (Å²) in [6, 6.07) is 27.3. The molecule has 190 valence electrons. The van der Waals surface area contributed by atoms with E-state index in [1.54, 1.807) is 24.4 Å². The Morgan fingerprint density at radius 3 is 2.18 bits per heavy atom. The summed E-state index contributed by atoms with van der Waals surface area (Å²) in [7, 11) is -3.86. The van der Waals surface area contributed by atoms with Gasteiger partial charge in [-0.05, 0) is 61.5 Å². The molecule has 0 saturated heterocycles. The molecule has 0 aliphatic carbocycles. The fourth-order valence-electron chi connectivity index (χ4n) is 3.64. The Labute approximate surface area is 220 Å². The Morgan fingerprint density at radius 2 is 1.50 bits per heavy atom. The van der Waals surface area contributed by atoms with Gasteiger partial charge in [0, 0.05) is 12.4 Å². The first-order valence-electron chi connectivity index (χ1n) is 11.7. The molecule has 0 fully saturated rings. The maximum atomic E-state index is 12.7. The number of nitrogens with one attached hydrogen (secondary N) is 3. The first-order valence-corrected chi connectivity index (χ1v) is 13.1. The van der Waals surface area contributed by atoms with E-state index in [0.717, 1.165) is 22.6 Å². The Morgan fingerprint density at radius 1 is 0.842 bits per heavy atom. The number of rotatable bonds is 8. The summed E-state index contributed by atoms with van der Waals surface area (Å²) in [4.78, 5) is 12.7. The third-order valence-corrected chi connectivity index (χ3v) is 6.89. The van der Waals surface area contributed by atoms with Gasteiger partial charge in [-0.1, -0.05) is 36.4 Å². The predicted octanol–water partition coefficient (Wildman–Crippen LogP) is 4.47. The lowest BCUT2D eigenvalue weighted by Gasteiger charge is -2.13. The minimum Gasteiger partial charge on any atom is -0.300 e. The molecule has 0 bridgehead atoms. The van der Waals surface area contributed by atoms with Crippen LogP contribution in [0.2, 0.25) is 0 Å². The van der Waals surface area contributed by atoms with Gasteiger partial charge in [0.25, 0.3) is 10.0 Å². The van der Waals surface area contributed by atoms with Crippen LogP contribution in [0, 0.1) is 6.92 Å². The molecule has 38 heavy (non-hydrogen) atoms. The molecule has 10 nitrogen and oxygen atoms in total. The number of nitrogens with zero attached hydrogens (tertiary/aromatic N) is 5. The van der Waals surface area contributed by atoms with Crippen LogP contribution in [-0.4, -0.2) is 34.0 Å². The second kappa shape index (κ2) is 10.9. The number of benzene rings is 3. The van der Waals surface area contributed by atoms with E-state index in [2.05, 4.69) is 30.6 Å². The monoisotopic (exact) mass is 524 g/mol. The number of sulfonamides is 1. The minimum absolute atomic E-state index is 0.000951. The smallest absolute Gasteiger partial charge is 0.264 e. The molecule has 0 atom stereocenters. The van der Waals surface area contributed by atoms with Gasteiger partial charge in [0.2, 0.25) is 5.95 Å². The van der Waals surface area contributed by atoms with Crippen LogP contribution in [0.3, 0.4) is 0 Å². The molecule has 2 heterocycles. The molecule has 0 aliphatic rings. The number of hydrogen-bond donors (Lipinski definition) is 3. The largest absolute Gasteiger partial charge is 0.300 e. The van der Waals surface area contributed by atoms with Crippen molar-refractivity contribution >= 4 is 33.2 Å². The topological polar surface area (TPSA) is 126 Å². The van der Waals surface area contributed by atoms with Gasteiger partial charge in [-0.3, -0.25) is 10.9 Å². The van der Waals surface area contributed by atoms with Crippen molar-refractivity contribution in [3.63, 3.8) is 0 Å². The molecular weight excluding hydrogens is 500 g/mol. The van der Waals surface area contributed by atoms with E-state index < -0.39 is 10.0 Å². The van der Waals surface area contributed by atoms with E-state index in [9.17, 15) is 8.42 Å². The van der Waals surface area contributed by atoms with Gasteiger partial charge in [0.1, 0.15) is 0 Å². The highest BCUT2D eigenvalue weighted by atomic mass is 32.2. The number of anilines is 2. The lowest BCUT2D eigenvalue weighted by atomic mass is 10.2. The highest BCUT2D eigenvalue weighted by Crippen LogP contribution is 2.21. The van der Waals surface area contributed by atoms with E-state index in [-0.39, 0.29) is 10.8 Å². The lowest BCUT2D eigenvalue weighted by Crippen LogP contribution is -2.30. The number of hydrogen-bond acceptors (Lipinski definition) is 7. The summed E-state index contributed by atoms with van der Waals surface area (Å²) in [6.45, 7) is 1.96. The molecule has 0 unspecified atom stereocenters. The molecule has 5 rings (SSSR count). The first-order chi connectivity index (χ1) is 18.5. The molecule has 11 heteroatoms. The number of hydrazine groups is 1. The molecule has 0 spiro atoms. The summed E-state index contributed by atoms with van der Waals surface area (Å²) >= 11 is 0. The van der Waals surface area contributed by atoms with E-state index in [4.69, 9.17) is 4.99 Å². The van der Waals surface area contributed by atoms with Crippen molar-refractivity contribution in [2.75, 3.05) is 10.1 Å². The van der Waals surface area contributed by atoms with Gasteiger partial charge in [-0.25, -0.2) is 32.8 Å². The molecule has 2 aromatic heterocycles. The van der Waals surface area contributed by atoms with E-state index >= 15 is 0 Å². The third kappa shape index (κ3) is 5.68. The number of amidine groups is 1. The van der Waals surface area contributed by atoms with Crippen LogP contribution in [0.15, 0.2) is 119 Å². The second-order valence-electron chi connectivity index (χ2n) is 8.14. The van der Waals surface area contributed by atoms with Crippen LogP contribution in [-0.2, 0) is 10.0 Å². The van der Waals surface area contributed by atoms with E-state index in [1.165, 1.54) is 24.5 Å². The number of para-hydroxylation sites is 2. The number of aliphatic imine (C=N–C) groups is 1. The van der Waals surface area contributed by atoms with E-state index in [0.29, 0.717) is 11.5 Å². The molecule has 3 aromatic carbocycles. The van der Waals surface area contributed by atoms with Crippen LogP contribution in [0.1, 0.15) is 11.3 Å². The number of aromatic nitrogens is 4. The zero-order valence-electron chi connectivity index (χ0n) is 20.4. The van der Waals surface area contributed by atoms with Gasteiger partial charge in [0.15, 0.2) is 5.84 Å². The van der Waals surface area contributed by atoms with Crippen LogP contribution in [0.4, 0.5) is 17.3 Å². The summed E-state index contributed by atoms with van der Waals surface area (Å²) in [5.74, 6) is 0.513. The summed E-state index contributed by atoms with van der Waals surface area (Å²) in [6.07, 6.45) is 4.66. The van der Waals surface area contributed by atoms with Crippen LogP contribution < -0.4 is 15.6 Å². The average Bonchev–Trinajstić information content (AvgIpc) is 3.33. The molecule has 0 amide bonds. The van der Waals surface area contributed by atoms with Crippen LogP contribution in [0.5, 0.6) is 0 Å². The second-order valence-corrected chi connectivity index (χ2v) is 9.82. The third-order valence-electron chi connectivity index (χ3n) is 5.54. The summed E-state index contributed by atoms with van der Waals surface area (Å²) in [5, 5.41) is 4.56. The molecule has 0 saturated carbocycles. The first kappa shape index (κ1) is 24.7. The van der Waals surface area contributed by atoms with Crippen molar-refractivity contribution in [3.8, 4) is 5.69 Å². The molecular formula is C27H24N8O2S.